The first-order valence-corrected chi connectivity index (χ1v) is 15.8. The summed E-state index contributed by atoms with van der Waals surface area (Å²) >= 11 is 0. The number of benzene rings is 3. The highest BCUT2D eigenvalue weighted by Crippen LogP contribution is 2.40. The van der Waals surface area contributed by atoms with E-state index in [9.17, 15) is 26.4 Å². The van der Waals surface area contributed by atoms with Crippen molar-refractivity contribution in [3.8, 4) is 0 Å². The number of halogens is 3. The number of amides is 1. The molecule has 3 aromatic carbocycles. The van der Waals surface area contributed by atoms with Crippen molar-refractivity contribution in [2.45, 2.75) is 43.2 Å². The van der Waals surface area contributed by atoms with E-state index in [1.54, 1.807) is 52.8 Å². The van der Waals surface area contributed by atoms with Crippen LogP contribution in [0.2, 0.25) is 0 Å². The topological polar surface area (TPSA) is 142 Å². The van der Waals surface area contributed by atoms with Crippen LogP contribution in [-0.2, 0) is 20.6 Å². The van der Waals surface area contributed by atoms with Gasteiger partial charge in [-0.15, -0.1) is 0 Å². The van der Waals surface area contributed by atoms with Gasteiger partial charge in [0.15, 0.2) is 0 Å². The number of nitrogen functional groups attached to an aromatic ring is 1. The van der Waals surface area contributed by atoms with Crippen molar-refractivity contribution >= 4 is 33.3 Å². The molecule has 0 radical (unpaired) electrons. The molecule has 5 N–H and O–H groups in total. The van der Waals surface area contributed by atoms with Crippen LogP contribution >= 0.6 is 0 Å². The Morgan fingerprint density at radius 1 is 0.932 bits per heavy atom. The molecule has 2 fully saturated rings. The van der Waals surface area contributed by atoms with Crippen LogP contribution < -0.4 is 16.4 Å². The molecule has 2 aliphatic rings. The minimum Gasteiger partial charge on any atom is -0.475 e. The van der Waals surface area contributed by atoms with Crippen LogP contribution in [0.3, 0.4) is 0 Å². The van der Waals surface area contributed by atoms with E-state index in [1.165, 1.54) is 12.0 Å². The summed E-state index contributed by atoms with van der Waals surface area (Å²) in [6, 6.07) is 24.9. The van der Waals surface area contributed by atoms with Crippen LogP contribution in [0.25, 0.3) is 0 Å². The number of aliphatic carboxylic acids is 1. The van der Waals surface area contributed by atoms with Crippen molar-refractivity contribution in [3.05, 3.63) is 95.6 Å². The summed E-state index contributed by atoms with van der Waals surface area (Å²) in [4.78, 5) is 21.4. The fourth-order valence-corrected chi connectivity index (χ4v) is 6.62. The number of carboxylic acid groups (broad SMARTS) is 1. The quantitative estimate of drug-likeness (QED) is 0.247. The van der Waals surface area contributed by atoms with Gasteiger partial charge in [-0.3, -0.25) is 4.79 Å². The van der Waals surface area contributed by atoms with Crippen LogP contribution in [0, 0.1) is 5.92 Å². The zero-order chi connectivity index (χ0) is 31.9. The Morgan fingerprint density at radius 2 is 1.52 bits per heavy atom. The van der Waals surface area contributed by atoms with Crippen molar-refractivity contribution in [1.29, 1.82) is 0 Å². The lowest BCUT2D eigenvalue weighted by molar-refractivity contribution is -0.192. The van der Waals surface area contributed by atoms with Gasteiger partial charge in [0.25, 0.3) is 5.91 Å². The molecule has 9 nitrogen and oxygen atoms in total. The second-order valence-electron chi connectivity index (χ2n) is 10.9. The lowest BCUT2D eigenvalue weighted by Gasteiger charge is -2.31. The number of nitrogens with zero attached hydrogens (tertiary/aromatic N) is 1. The summed E-state index contributed by atoms with van der Waals surface area (Å²) in [5.41, 5.74) is 9.44. The molecule has 3 aromatic rings. The Labute approximate surface area is 254 Å². The molecule has 13 heteroatoms. The molecule has 1 heterocycles. The lowest BCUT2D eigenvalue weighted by atomic mass is 9.98. The standard InChI is InChI=1S/C29H34N4O3S.C2HF3O2/c30-26-8-4-5-9-27(26)32-29(34)24-12-10-22(11-13-24)20-37(35,36)33-16-14-21(15-17-33)19-31-28-18-25(28)23-6-2-1-3-7-23;3-2(4,5)1(6)7/h1-13,21,25,28,31H,14-20,30H2,(H,32,34);(H,6,7). The number of rotatable bonds is 9. The molecule has 1 aliphatic carbocycles. The molecule has 236 valence electrons. The van der Waals surface area contributed by atoms with E-state index in [0.717, 1.165) is 19.4 Å². The van der Waals surface area contributed by atoms with Crippen molar-refractivity contribution < 1.29 is 36.3 Å². The molecule has 1 amide bonds. The fraction of sp³-hybridized carbons (Fsp3) is 0.355. The van der Waals surface area contributed by atoms with Crippen LogP contribution in [0.5, 0.6) is 0 Å². The van der Waals surface area contributed by atoms with Gasteiger partial charge in [0.1, 0.15) is 0 Å². The van der Waals surface area contributed by atoms with E-state index in [2.05, 4.69) is 34.9 Å². The number of hydrogen-bond donors (Lipinski definition) is 4. The summed E-state index contributed by atoms with van der Waals surface area (Å²) in [6.45, 7) is 2.06. The molecule has 0 spiro atoms. The van der Waals surface area contributed by atoms with E-state index in [0.29, 0.717) is 53.5 Å². The number of carbonyl (C=O) groups excluding carboxylic acids is 1. The van der Waals surface area contributed by atoms with E-state index in [4.69, 9.17) is 15.6 Å². The van der Waals surface area contributed by atoms with Gasteiger partial charge in [0.2, 0.25) is 10.0 Å². The third-order valence-electron chi connectivity index (χ3n) is 7.67. The zero-order valence-electron chi connectivity index (χ0n) is 23.8. The van der Waals surface area contributed by atoms with Gasteiger partial charge >= 0.3 is 12.1 Å². The lowest BCUT2D eigenvalue weighted by Crippen LogP contribution is -2.41. The summed E-state index contributed by atoms with van der Waals surface area (Å²) in [5.74, 6) is -2.00. The Kier molecular flexibility index (Phi) is 10.7. The molecule has 1 saturated heterocycles. The van der Waals surface area contributed by atoms with Crippen LogP contribution in [-0.4, -0.2) is 61.6 Å². The fourth-order valence-electron chi connectivity index (χ4n) is 5.06. The van der Waals surface area contributed by atoms with Crippen LogP contribution in [0.1, 0.15) is 46.7 Å². The largest absolute Gasteiger partial charge is 0.490 e. The molecular formula is C31H35F3N4O5S. The number of carbonyl (C=O) groups is 2. The molecule has 5 rings (SSSR count). The van der Waals surface area contributed by atoms with Crippen molar-refractivity contribution in [2.75, 3.05) is 30.7 Å². The number of piperidine rings is 1. The average Bonchev–Trinajstić information content (AvgIpc) is 3.78. The molecule has 2 atom stereocenters. The maximum absolute atomic E-state index is 13.1. The SMILES string of the molecule is Nc1ccccc1NC(=O)c1ccc(CS(=O)(=O)N2CCC(CNC3CC3c3ccccc3)CC2)cc1.O=C(O)C(F)(F)F. The molecule has 0 bridgehead atoms. The number of nitrogens with one attached hydrogen (secondary N) is 2. The van der Waals surface area contributed by atoms with Crippen molar-refractivity contribution in [2.24, 2.45) is 5.92 Å². The predicted molar refractivity (Wildman–Crippen MR) is 161 cm³/mol. The molecular weight excluding hydrogens is 597 g/mol. The summed E-state index contributed by atoms with van der Waals surface area (Å²) in [6.07, 6.45) is -2.16. The maximum Gasteiger partial charge on any atom is 0.490 e. The minimum absolute atomic E-state index is 0.0652. The highest BCUT2D eigenvalue weighted by molar-refractivity contribution is 7.88. The Bertz CT molecular complexity index is 1530. The van der Waals surface area contributed by atoms with E-state index in [1.807, 2.05) is 6.07 Å². The Morgan fingerprint density at radius 3 is 2.11 bits per heavy atom. The predicted octanol–water partition coefficient (Wildman–Crippen LogP) is 4.84. The van der Waals surface area contributed by atoms with Gasteiger partial charge < -0.3 is 21.5 Å². The summed E-state index contributed by atoms with van der Waals surface area (Å²) in [7, 11) is -3.41. The number of nitrogens with two attached hydrogens (primary N) is 1. The average molecular weight is 633 g/mol. The second-order valence-corrected chi connectivity index (χ2v) is 12.9. The summed E-state index contributed by atoms with van der Waals surface area (Å²) in [5, 5.41) is 13.6. The number of carboxylic acids is 1. The molecule has 1 saturated carbocycles. The molecule has 44 heavy (non-hydrogen) atoms. The molecule has 1 aliphatic heterocycles. The number of sulfonamides is 1. The zero-order valence-corrected chi connectivity index (χ0v) is 24.7. The first-order chi connectivity index (χ1) is 20.8. The smallest absolute Gasteiger partial charge is 0.475 e. The Hall–Kier alpha value is -3.94. The third-order valence-corrected chi connectivity index (χ3v) is 9.52. The normalized spacial score (nSPS) is 19.0. The van der Waals surface area contributed by atoms with Crippen molar-refractivity contribution in [1.82, 2.24) is 9.62 Å². The van der Waals surface area contributed by atoms with Gasteiger partial charge in [-0.1, -0.05) is 54.6 Å². The number of para-hydroxylation sites is 2. The number of anilines is 2. The van der Waals surface area contributed by atoms with Gasteiger partial charge in [-0.2, -0.15) is 13.2 Å². The molecule has 0 aromatic heterocycles. The first kappa shape index (κ1) is 33.0. The van der Waals surface area contributed by atoms with Gasteiger partial charge in [0, 0.05) is 30.6 Å². The second kappa shape index (κ2) is 14.2. The van der Waals surface area contributed by atoms with Crippen LogP contribution in [0.15, 0.2) is 78.9 Å². The van der Waals surface area contributed by atoms with E-state index >= 15 is 0 Å². The Balaban J connectivity index is 0.000000566. The van der Waals surface area contributed by atoms with Gasteiger partial charge in [0.05, 0.1) is 17.1 Å². The first-order valence-electron chi connectivity index (χ1n) is 14.1. The van der Waals surface area contributed by atoms with E-state index in [-0.39, 0.29) is 11.7 Å². The number of hydrogen-bond acceptors (Lipinski definition) is 6. The van der Waals surface area contributed by atoms with Gasteiger partial charge in [-0.05, 0) is 67.1 Å². The van der Waals surface area contributed by atoms with Gasteiger partial charge in [-0.25, -0.2) is 17.5 Å². The monoisotopic (exact) mass is 632 g/mol. The molecule has 2 unspecified atom stereocenters. The minimum atomic E-state index is -5.08. The highest BCUT2D eigenvalue weighted by atomic mass is 32.2. The van der Waals surface area contributed by atoms with Crippen molar-refractivity contribution in [3.63, 3.8) is 0 Å². The number of alkyl halides is 3. The highest BCUT2D eigenvalue weighted by Gasteiger charge is 2.39. The third kappa shape index (κ3) is 9.28. The summed E-state index contributed by atoms with van der Waals surface area (Å²) < 4.78 is 59.5. The van der Waals surface area contributed by atoms with Crippen LogP contribution in [0.4, 0.5) is 24.5 Å². The maximum atomic E-state index is 13.1. The van der Waals surface area contributed by atoms with E-state index < -0.39 is 22.2 Å².